The molecule has 1 aliphatic heterocycles. The molecule has 1 radical (unpaired) electrons. The molecular weight excluding hydrogens is 308 g/mol. The lowest BCUT2D eigenvalue weighted by atomic mass is 10.0. The Balaban J connectivity index is 2.15. The van der Waals surface area contributed by atoms with Crippen LogP contribution in [0.4, 0.5) is 4.79 Å². The number of benzene rings is 1. The number of carbonyl (C=O) groups excluding carboxylic acids is 2. The van der Waals surface area contributed by atoms with Crippen molar-refractivity contribution in [3.8, 4) is 0 Å². The van der Waals surface area contributed by atoms with E-state index in [2.05, 4.69) is 11.5 Å². The summed E-state index contributed by atoms with van der Waals surface area (Å²) in [5.74, 6) is -0.311. The average molecular weight is 333 g/mol. The topological polar surface area (TPSA) is 67.9 Å². The minimum Gasteiger partial charge on any atom is -0.444 e. The van der Waals surface area contributed by atoms with Crippen molar-refractivity contribution in [3.05, 3.63) is 35.4 Å². The fourth-order valence-electron chi connectivity index (χ4n) is 2.64. The number of carbonyl (C=O) groups is 2. The van der Waals surface area contributed by atoms with E-state index >= 15 is 0 Å². The van der Waals surface area contributed by atoms with Crippen molar-refractivity contribution in [1.29, 1.82) is 0 Å². The van der Waals surface area contributed by atoms with Gasteiger partial charge in [-0.3, -0.25) is 9.63 Å². The van der Waals surface area contributed by atoms with Crippen molar-refractivity contribution in [2.75, 3.05) is 13.2 Å². The molecule has 1 atom stereocenters. The minimum absolute atomic E-state index is 0.125. The molecule has 0 aliphatic carbocycles. The molecule has 1 heterocycles. The van der Waals surface area contributed by atoms with E-state index in [-0.39, 0.29) is 18.0 Å². The van der Waals surface area contributed by atoms with Gasteiger partial charge in [0.15, 0.2) is 0 Å². The zero-order valence-corrected chi connectivity index (χ0v) is 14.7. The number of rotatable bonds is 4. The molecule has 1 aromatic carbocycles. The van der Waals surface area contributed by atoms with Crippen molar-refractivity contribution in [1.82, 2.24) is 10.4 Å². The maximum absolute atomic E-state index is 12.4. The molecule has 6 nitrogen and oxygen atoms in total. The smallest absolute Gasteiger partial charge is 0.410 e. The van der Waals surface area contributed by atoms with E-state index in [4.69, 9.17) is 9.57 Å². The van der Waals surface area contributed by atoms with Gasteiger partial charge >= 0.3 is 6.09 Å². The molecule has 0 aromatic heterocycles. The second kappa shape index (κ2) is 7.66. The fourth-order valence-corrected chi connectivity index (χ4v) is 2.64. The van der Waals surface area contributed by atoms with Crippen LogP contribution in [0.1, 0.15) is 62.5 Å². The number of hydrogen-bond acceptors (Lipinski definition) is 4. The van der Waals surface area contributed by atoms with E-state index in [9.17, 15) is 9.59 Å². The molecule has 0 saturated carbocycles. The first-order chi connectivity index (χ1) is 11.3. The highest BCUT2D eigenvalue weighted by atomic mass is 16.6. The van der Waals surface area contributed by atoms with Gasteiger partial charge in [-0.1, -0.05) is 6.07 Å². The van der Waals surface area contributed by atoms with Crippen molar-refractivity contribution in [3.63, 3.8) is 0 Å². The molecule has 1 fully saturated rings. The summed E-state index contributed by atoms with van der Waals surface area (Å²) in [4.78, 5) is 31.1. The van der Waals surface area contributed by atoms with Gasteiger partial charge in [0.1, 0.15) is 5.60 Å². The summed E-state index contributed by atoms with van der Waals surface area (Å²) in [5, 5.41) is 0. The van der Waals surface area contributed by atoms with Gasteiger partial charge in [-0.15, -0.1) is 0 Å². The lowest BCUT2D eigenvalue weighted by Crippen LogP contribution is -2.36. The Morgan fingerprint density at radius 3 is 2.83 bits per heavy atom. The molecule has 6 heteroatoms. The molecule has 1 aliphatic rings. The molecule has 0 unspecified atom stereocenters. The summed E-state index contributed by atoms with van der Waals surface area (Å²) in [6.07, 6.45) is 1.39. The lowest BCUT2D eigenvalue weighted by molar-refractivity contribution is 0.0224. The summed E-state index contributed by atoms with van der Waals surface area (Å²) in [5.41, 5.74) is 3.13. The van der Waals surface area contributed by atoms with E-state index in [1.807, 2.05) is 20.8 Å². The summed E-state index contributed by atoms with van der Waals surface area (Å²) >= 11 is 0. The van der Waals surface area contributed by atoms with Gasteiger partial charge in [0, 0.05) is 12.1 Å². The number of nitrogens with zero attached hydrogens (tertiary/aromatic N) is 1. The van der Waals surface area contributed by atoms with Crippen molar-refractivity contribution >= 4 is 12.0 Å². The summed E-state index contributed by atoms with van der Waals surface area (Å²) in [7, 11) is 0. The third-order valence-electron chi connectivity index (χ3n) is 3.64. The molecule has 1 N–H and O–H groups in total. The molecule has 131 valence electrons. The second-order valence-corrected chi connectivity index (χ2v) is 6.73. The molecule has 0 bridgehead atoms. The predicted molar refractivity (Wildman–Crippen MR) is 89.3 cm³/mol. The van der Waals surface area contributed by atoms with Crippen LogP contribution in [0.2, 0.25) is 0 Å². The van der Waals surface area contributed by atoms with Crippen LogP contribution >= 0.6 is 0 Å². The van der Waals surface area contributed by atoms with Gasteiger partial charge in [0.2, 0.25) is 0 Å². The predicted octanol–water partition coefficient (Wildman–Crippen LogP) is 3.24. The van der Waals surface area contributed by atoms with E-state index in [1.165, 1.54) is 0 Å². The van der Waals surface area contributed by atoms with Crippen molar-refractivity contribution in [2.45, 2.75) is 52.2 Å². The zero-order chi connectivity index (χ0) is 17.7. The number of hydroxylamine groups is 1. The molecule has 2 rings (SSSR count). The number of nitrogens with one attached hydrogen (secondary N) is 1. The maximum atomic E-state index is 12.4. The quantitative estimate of drug-likeness (QED) is 0.859. The minimum atomic E-state index is -0.535. The third kappa shape index (κ3) is 4.71. The zero-order valence-electron chi connectivity index (χ0n) is 14.7. The Kier molecular flexibility index (Phi) is 5.83. The molecule has 2 amide bonds. The normalized spacial score (nSPS) is 17.7. The second-order valence-electron chi connectivity index (χ2n) is 6.73. The summed E-state index contributed by atoms with van der Waals surface area (Å²) in [6.45, 7) is 8.37. The lowest BCUT2D eigenvalue weighted by Gasteiger charge is -2.28. The maximum Gasteiger partial charge on any atom is 0.410 e. The molecular formula is C18H25N2O4. The van der Waals surface area contributed by atoms with Crippen molar-refractivity contribution in [2.24, 2.45) is 0 Å². The van der Waals surface area contributed by atoms with Gasteiger partial charge in [0.05, 0.1) is 12.6 Å². The largest absolute Gasteiger partial charge is 0.444 e. The fraction of sp³-hybridized carbons (Fsp3) is 0.556. The third-order valence-corrected chi connectivity index (χ3v) is 3.64. The standard InChI is InChI=1S/C18H25N2O4/c1-5-23-19-16(21)14-9-6-8-13(12-14)15-10-7-11-20(15)17(22)24-18(2,3)4/h6,9,12,15H,5,7,10-11H2,1-4H3,(H,19,21)/t15-/m0/s1. The Morgan fingerprint density at radius 1 is 1.42 bits per heavy atom. The number of likely N-dealkylation sites (tertiary alicyclic amines) is 1. The van der Waals surface area contributed by atoms with Crippen LogP contribution in [0.3, 0.4) is 0 Å². The molecule has 1 saturated heterocycles. The van der Waals surface area contributed by atoms with Crippen molar-refractivity contribution < 1.29 is 19.2 Å². The number of hydrogen-bond donors (Lipinski definition) is 1. The van der Waals surface area contributed by atoms with E-state index < -0.39 is 5.60 Å². The van der Waals surface area contributed by atoms with Gasteiger partial charge in [-0.2, -0.15) is 0 Å². The highest BCUT2D eigenvalue weighted by Gasteiger charge is 2.33. The van der Waals surface area contributed by atoms with Crippen LogP contribution in [0.5, 0.6) is 0 Å². The average Bonchev–Trinajstić information content (AvgIpc) is 3.01. The molecule has 1 aromatic rings. The van der Waals surface area contributed by atoms with Gasteiger partial charge < -0.3 is 9.64 Å². The van der Waals surface area contributed by atoms with E-state index in [0.717, 1.165) is 18.4 Å². The van der Waals surface area contributed by atoms with Crippen LogP contribution in [0.25, 0.3) is 0 Å². The Labute approximate surface area is 143 Å². The number of ether oxygens (including phenoxy) is 1. The van der Waals surface area contributed by atoms with Crippen LogP contribution < -0.4 is 5.48 Å². The van der Waals surface area contributed by atoms with Crippen LogP contribution in [-0.4, -0.2) is 35.7 Å². The molecule has 24 heavy (non-hydrogen) atoms. The highest BCUT2D eigenvalue weighted by molar-refractivity contribution is 5.93. The first-order valence-electron chi connectivity index (χ1n) is 8.25. The van der Waals surface area contributed by atoms with Crippen LogP contribution in [0, 0.1) is 6.07 Å². The Hall–Kier alpha value is -2.08. The van der Waals surface area contributed by atoms with Gasteiger partial charge in [0.25, 0.3) is 5.91 Å². The summed E-state index contributed by atoms with van der Waals surface area (Å²) in [6, 6.07) is 8.13. The van der Waals surface area contributed by atoms with Crippen LogP contribution in [0.15, 0.2) is 18.2 Å². The SMILES string of the molecule is CCONC(=O)c1cc[c]c([C@@H]2CCCN2C(=O)OC(C)(C)C)c1. The Morgan fingerprint density at radius 2 is 2.17 bits per heavy atom. The Bertz CT molecular complexity index is 595. The van der Waals surface area contributed by atoms with E-state index in [0.29, 0.717) is 18.7 Å². The van der Waals surface area contributed by atoms with Gasteiger partial charge in [-0.25, -0.2) is 10.3 Å². The van der Waals surface area contributed by atoms with E-state index in [1.54, 1.807) is 30.0 Å². The monoisotopic (exact) mass is 333 g/mol. The molecule has 0 spiro atoms. The van der Waals surface area contributed by atoms with Gasteiger partial charge in [-0.05, 0) is 64.3 Å². The first kappa shape index (κ1) is 18.3. The highest BCUT2D eigenvalue weighted by Crippen LogP contribution is 2.33. The first-order valence-corrected chi connectivity index (χ1v) is 8.25. The van der Waals surface area contributed by atoms with Crippen LogP contribution in [-0.2, 0) is 9.57 Å². The number of amides is 2. The summed E-state index contributed by atoms with van der Waals surface area (Å²) < 4.78 is 5.48.